The van der Waals surface area contributed by atoms with Crippen LogP contribution in [0.25, 0.3) is 11.3 Å². The molecule has 2 aromatic carbocycles. The lowest BCUT2D eigenvalue weighted by Crippen LogP contribution is -2.25. The summed E-state index contributed by atoms with van der Waals surface area (Å²) in [6.07, 6.45) is 4.43. The van der Waals surface area contributed by atoms with Crippen molar-refractivity contribution in [1.82, 2.24) is 10.3 Å². The second-order valence-electron chi connectivity index (χ2n) is 7.70. The predicted molar refractivity (Wildman–Crippen MR) is 119 cm³/mol. The van der Waals surface area contributed by atoms with E-state index < -0.39 is 0 Å². The lowest BCUT2D eigenvalue weighted by atomic mass is 10.0. The fraction of sp³-hybridized carbons (Fsp3) is 0.360. The van der Waals surface area contributed by atoms with Gasteiger partial charge in [0, 0.05) is 24.9 Å². The molecule has 0 saturated heterocycles. The average molecular weight is 407 g/mol. The van der Waals surface area contributed by atoms with Gasteiger partial charge in [0.1, 0.15) is 5.75 Å². The van der Waals surface area contributed by atoms with Gasteiger partial charge < -0.3 is 14.5 Å². The van der Waals surface area contributed by atoms with Crippen LogP contribution in [-0.2, 0) is 17.6 Å². The number of methoxy groups -OCH3 is 1. The number of hydrogen-bond acceptors (Lipinski definition) is 4. The van der Waals surface area contributed by atoms with Crippen molar-refractivity contribution in [3.63, 3.8) is 0 Å². The van der Waals surface area contributed by atoms with Gasteiger partial charge in [-0.1, -0.05) is 38.1 Å². The topological polar surface area (TPSA) is 64.4 Å². The molecule has 158 valence electrons. The Morgan fingerprint density at radius 1 is 1.07 bits per heavy atom. The highest BCUT2D eigenvalue weighted by atomic mass is 16.5. The number of rotatable bonds is 10. The van der Waals surface area contributed by atoms with Gasteiger partial charge in [-0.3, -0.25) is 4.79 Å². The van der Waals surface area contributed by atoms with Gasteiger partial charge in [-0.25, -0.2) is 4.98 Å². The molecule has 0 fully saturated rings. The van der Waals surface area contributed by atoms with Crippen LogP contribution >= 0.6 is 0 Å². The quantitative estimate of drug-likeness (QED) is 0.473. The molecule has 1 aromatic heterocycles. The van der Waals surface area contributed by atoms with E-state index in [1.165, 1.54) is 11.1 Å². The Morgan fingerprint density at radius 3 is 2.47 bits per heavy atom. The number of nitrogens with zero attached hydrogens (tertiary/aromatic N) is 1. The van der Waals surface area contributed by atoms with E-state index >= 15 is 0 Å². The number of ether oxygens (including phenoxy) is 1. The van der Waals surface area contributed by atoms with Crippen LogP contribution in [0.4, 0.5) is 0 Å². The summed E-state index contributed by atoms with van der Waals surface area (Å²) in [5.41, 5.74) is 3.59. The highest BCUT2D eigenvalue weighted by molar-refractivity contribution is 5.76. The number of aryl methyl sites for hydroxylation is 2. The molecule has 5 heteroatoms. The minimum absolute atomic E-state index is 0.0225. The lowest BCUT2D eigenvalue weighted by molar-refractivity contribution is -0.121. The molecule has 1 amide bonds. The van der Waals surface area contributed by atoms with Crippen LogP contribution in [0.5, 0.6) is 5.75 Å². The molecule has 0 radical (unpaired) electrons. The highest BCUT2D eigenvalue weighted by Gasteiger charge is 2.09. The fourth-order valence-electron chi connectivity index (χ4n) is 3.21. The summed E-state index contributed by atoms with van der Waals surface area (Å²) < 4.78 is 10.9. The van der Waals surface area contributed by atoms with Gasteiger partial charge >= 0.3 is 0 Å². The highest BCUT2D eigenvalue weighted by Crippen LogP contribution is 2.23. The summed E-state index contributed by atoms with van der Waals surface area (Å²) in [6, 6.07) is 16.3. The third kappa shape index (κ3) is 6.21. The molecule has 0 atom stereocenters. The molecule has 0 aliphatic carbocycles. The first kappa shape index (κ1) is 21.6. The summed E-state index contributed by atoms with van der Waals surface area (Å²) in [4.78, 5) is 16.4. The standard InChI is InChI=1S/C25H30N2O3/c1-18(2)20-8-6-19(7-9-20)5-4-16-26-24(28)14-15-25-27-17-23(30-25)21-10-12-22(29-3)13-11-21/h6-13,17-18H,4-5,14-16H2,1-3H3,(H,26,28). The van der Waals surface area contributed by atoms with E-state index in [1.54, 1.807) is 13.3 Å². The second kappa shape index (κ2) is 10.6. The first-order valence-electron chi connectivity index (χ1n) is 10.5. The number of nitrogens with one attached hydrogen (secondary N) is 1. The number of carbonyl (C=O) groups is 1. The van der Waals surface area contributed by atoms with Crippen LogP contribution in [0, 0.1) is 0 Å². The SMILES string of the molecule is COc1ccc(-c2cnc(CCC(=O)NCCCc3ccc(C(C)C)cc3)o2)cc1. The molecule has 0 spiro atoms. The Morgan fingerprint density at radius 2 is 1.80 bits per heavy atom. The second-order valence-corrected chi connectivity index (χ2v) is 7.70. The van der Waals surface area contributed by atoms with Crippen molar-refractivity contribution in [3.05, 3.63) is 71.7 Å². The maximum Gasteiger partial charge on any atom is 0.220 e. The predicted octanol–water partition coefficient (Wildman–Crippen LogP) is 5.16. The van der Waals surface area contributed by atoms with E-state index in [2.05, 4.69) is 48.4 Å². The summed E-state index contributed by atoms with van der Waals surface area (Å²) >= 11 is 0. The van der Waals surface area contributed by atoms with Crippen LogP contribution in [0.15, 0.2) is 59.1 Å². The van der Waals surface area contributed by atoms with Crippen LogP contribution < -0.4 is 10.1 Å². The molecular weight excluding hydrogens is 376 g/mol. The third-order valence-electron chi connectivity index (χ3n) is 5.10. The van der Waals surface area contributed by atoms with Gasteiger partial charge in [0.25, 0.3) is 0 Å². The van der Waals surface area contributed by atoms with Gasteiger partial charge in [0.15, 0.2) is 11.7 Å². The molecule has 0 saturated carbocycles. The fourth-order valence-corrected chi connectivity index (χ4v) is 3.21. The molecule has 0 aliphatic heterocycles. The van der Waals surface area contributed by atoms with Crippen LogP contribution in [0.1, 0.15) is 49.6 Å². The first-order valence-corrected chi connectivity index (χ1v) is 10.5. The molecule has 1 heterocycles. The van der Waals surface area contributed by atoms with Gasteiger partial charge in [-0.15, -0.1) is 0 Å². The van der Waals surface area contributed by atoms with E-state index in [-0.39, 0.29) is 5.91 Å². The van der Waals surface area contributed by atoms with Crippen molar-refractivity contribution < 1.29 is 13.9 Å². The van der Waals surface area contributed by atoms with Crippen molar-refractivity contribution in [2.24, 2.45) is 0 Å². The number of benzene rings is 2. The van der Waals surface area contributed by atoms with E-state index in [4.69, 9.17) is 9.15 Å². The molecule has 3 aromatic rings. The number of hydrogen-bond donors (Lipinski definition) is 1. The largest absolute Gasteiger partial charge is 0.497 e. The molecule has 0 aliphatic rings. The summed E-state index contributed by atoms with van der Waals surface area (Å²) in [5, 5.41) is 2.98. The zero-order chi connectivity index (χ0) is 21.3. The minimum atomic E-state index is 0.0225. The van der Waals surface area contributed by atoms with Crippen molar-refractivity contribution in [2.45, 2.75) is 45.4 Å². The molecular formula is C25H30N2O3. The van der Waals surface area contributed by atoms with E-state index in [1.807, 2.05) is 24.3 Å². The summed E-state index contributed by atoms with van der Waals surface area (Å²) in [7, 11) is 1.64. The smallest absolute Gasteiger partial charge is 0.220 e. The Labute approximate surface area is 178 Å². The van der Waals surface area contributed by atoms with Crippen LogP contribution in [0.3, 0.4) is 0 Å². The van der Waals surface area contributed by atoms with Crippen molar-refractivity contribution in [2.75, 3.05) is 13.7 Å². The molecule has 5 nitrogen and oxygen atoms in total. The molecule has 30 heavy (non-hydrogen) atoms. The van der Waals surface area contributed by atoms with Gasteiger partial charge in [0.2, 0.25) is 5.91 Å². The number of oxazole rings is 1. The van der Waals surface area contributed by atoms with Crippen LogP contribution in [-0.4, -0.2) is 24.5 Å². The number of amides is 1. The van der Waals surface area contributed by atoms with E-state index in [0.717, 1.165) is 24.2 Å². The number of aromatic nitrogens is 1. The number of carbonyl (C=O) groups excluding carboxylic acids is 1. The monoisotopic (exact) mass is 406 g/mol. The maximum atomic E-state index is 12.1. The average Bonchev–Trinajstić information content (AvgIpc) is 3.25. The summed E-state index contributed by atoms with van der Waals surface area (Å²) in [5.74, 6) is 2.63. The van der Waals surface area contributed by atoms with Gasteiger partial charge in [0.05, 0.1) is 13.3 Å². The zero-order valence-electron chi connectivity index (χ0n) is 18.0. The first-order chi connectivity index (χ1) is 14.5. The zero-order valence-corrected chi connectivity index (χ0v) is 18.0. The minimum Gasteiger partial charge on any atom is -0.497 e. The van der Waals surface area contributed by atoms with Crippen LogP contribution in [0.2, 0.25) is 0 Å². The van der Waals surface area contributed by atoms with Crippen molar-refractivity contribution >= 4 is 5.91 Å². The molecule has 0 unspecified atom stereocenters. The van der Waals surface area contributed by atoms with Gasteiger partial charge in [-0.2, -0.15) is 0 Å². The Balaban J connectivity index is 1.37. The van der Waals surface area contributed by atoms with Crippen molar-refractivity contribution in [3.8, 4) is 17.1 Å². The maximum absolute atomic E-state index is 12.1. The molecule has 1 N–H and O–H groups in total. The molecule has 3 rings (SSSR count). The van der Waals surface area contributed by atoms with E-state index in [9.17, 15) is 4.79 Å². The van der Waals surface area contributed by atoms with Gasteiger partial charge in [-0.05, 0) is 54.2 Å². The molecule has 0 bridgehead atoms. The van der Waals surface area contributed by atoms with Crippen molar-refractivity contribution in [1.29, 1.82) is 0 Å². The summed E-state index contributed by atoms with van der Waals surface area (Å²) in [6.45, 7) is 5.07. The van der Waals surface area contributed by atoms with E-state index in [0.29, 0.717) is 37.0 Å². The Bertz CT molecular complexity index is 928. The normalized spacial score (nSPS) is 10.9. The Hall–Kier alpha value is -3.08. The third-order valence-corrected chi connectivity index (χ3v) is 5.10. The lowest BCUT2D eigenvalue weighted by Gasteiger charge is -2.07. The Kier molecular flexibility index (Phi) is 7.66.